The van der Waals surface area contributed by atoms with Crippen LogP contribution in [-0.2, 0) is 0 Å². The number of hydrogen-bond donors (Lipinski definition) is 2. The predicted molar refractivity (Wildman–Crippen MR) is 82.6 cm³/mol. The summed E-state index contributed by atoms with van der Waals surface area (Å²) < 4.78 is 13.9. The Morgan fingerprint density at radius 3 is 2.62 bits per heavy atom. The van der Waals surface area contributed by atoms with Crippen molar-refractivity contribution in [2.24, 2.45) is 0 Å². The van der Waals surface area contributed by atoms with Crippen LogP contribution in [0.5, 0.6) is 0 Å². The highest BCUT2D eigenvalue weighted by Gasteiger charge is 2.27. The third-order valence-electron chi connectivity index (χ3n) is 3.43. The number of benzene rings is 1. The van der Waals surface area contributed by atoms with E-state index in [0.29, 0.717) is 17.4 Å². The van der Waals surface area contributed by atoms with E-state index in [1.165, 1.54) is 6.07 Å². The molecule has 2 N–H and O–H groups in total. The molecule has 0 bridgehead atoms. The van der Waals surface area contributed by atoms with E-state index in [9.17, 15) is 4.39 Å². The monoisotopic (exact) mass is 286 g/mol. The second-order valence-corrected chi connectivity index (χ2v) is 5.41. The van der Waals surface area contributed by atoms with Crippen LogP contribution in [0.2, 0.25) is 0 Å². The molecule has 1 aliphatic rings. The molecule has 21 heavy (non-hydrogen) atoms. The molecule has 0 aliphatic heterocycles. The van der Waals surface area contributed by atoms with E-state index < -0.39 is 0 Å². The lowest BCUT2D eigenvalue weighted by molar-refractivity contribution is 0.630. The van der Waals surface area contributed by atoms with Crippen molar-refractivity contribution in [1.29, 1.82) is 0 Å². The van der Waals surface area contributed by atoms with Gasteiger partial charge in [-0.25, -0.2) is 14.4 Å². The van der Waals surface area contributed by atoms with Gasteiger partial charge in [0.15, 0.2) is 0 Å². The van der Waals surface area contributed by atoms with Crippen molar-refractivity contribution in [1.82, 2.24) is 9.97 Å². The van der Waals surface area contributed by atoms with Crippen LogP contribution in [0.3, 0.4) is 0 Å². The van der Waals surface area contributed by atoms with Gasteiger partial charge in [0.25, 0.3) is 0 Å². The summed E-state index contributed by atoms with van der Waals surface area (Å²) in [6, 6.07) is 6.93. The Balaban J connectivity index is 1.89. The van der Waals surface area contributed by atoms with Crippen molar-refractivity contribution in [2.45, 2.75) is 32.6 Å². The maximum Gasteiger partial charge on any atom is 0.146 e. The average molecular weight is 286 g/mol. The van der Waals surface area contributed by atoms with Gasteiger partial charge in [-0.3, -0.25) is 0 Å². The van der Waals surface area contributed by atoms with Crippen molar-refractivity contribution in [3.63, 3.8) is 0 Å². The maximum absolute atomic E-state index is 13.9. The molecule has 4 nitrogen and oxygen atoms in total. The van der Waals surface area contributed by atoms with Gasteiger partial charge in [-0.15, -0.1) is 0 Å². The Morgan fingerprint density at radius 1 is 1.19 bits per heavy atom. The number of aromatic nitrogens is 2. The normalized spacial score (nSPS) is 14.0. The molecule has 0 unspecified atom stereocenters. The molecule has 1 saturated carbocycles. The summed E-state index contributed by atoms with van der Waals surface area (Å²) in [7, 11) is 0. The Bertz CT molecular complexity index is 653. The molecule has 1 heterocycles. The van der Waals surface area contributed by atoms with Crippen molar-refractivity contribution in [3.05, 3.63) is 41.5 Å². The van der Waals surface area contributed by atoms with Gasteiger partial charge in [0.2, 0.25) is 0 Å². The highest BCUT2D eigenvalue weighted by Crippen LogP contribution is 2.39. The highest BCUT2D eigenvalue weighted by molar-refractivity contribution is 5.60. The van der Waals surface area contributed by atoms with E-state index in [1.54, 1.807) is 6.07 Å². The first-order valence-electron chi connectivity index (χ1n) is 7.31. The van der Waals surface area contributed by atoms with E-state index in [0.717, 1.165) is 36.6 Å². The van der Waals surface area contributed by atoms with Crippen LogP contribution in [0, 0.1) is 12.7 Å². The fourth-order valence-corrected chi connectivity index (χ4v) is 2.19. The van der Waals surface area contributed by atoms with E-state index >= 15 is 0 Å². The standard InChI is InChI=1S/C16H19FN4/c1-3-18-14-9-15(21-16(20-14)11-5-6-11)19-13-7-4-10(2)8-12(13)17/h4,7-9,11H,3,5-6H2,1-2H3,(H2,18,19,20,21). The minimum Gasteiger partial charge on any atom is -0.370 e. The molecule has 3 rings (SSSR count). The van der Waals surface area contributed by atoms with Crippen LogP contribution >= 0.6 is 0 Å². The molecule has 0 amide bonds. The zero-order valence-electron chi connectivity index (χ0n) is 12.3. The van der Waals surface area contributed by atoms with Crippen LogP contribution in [0.15, 0.2) is 24.3 Å². The van der Waals surface area contributed by atoms with Crippen molar-refractivity contribution in [3.8, 4) is 0 Å². The van der Waals surface area contributed by atoms with Crippen LogP contribution in [0.1, 0.15) is 37.1 Å². The molecule has 0 atom stereocenters. The molecule has 110 valence electrons. The fourth-order valence-electron chi connectivity index (χ4n) is 2.19. The number of hydrogen-bond acceptors (Lipinski definition) is 4. The van der Waals surface area contributed by atoms with Gasteiger partial charge in [-0.2, -0.15) is 0 Å². The third-order valence-corrected chi connectivity index (χ3v) is 3.43. The first-order valence-corrected chi connectivity index (χ1v) is 7.31. The second-order valence-electron chi connectivity index (χ2n) is 5.41. The minimum atomic E-state index is -0.272. The van der Waals surface area contributed by atoms with Gasteiger partial charge in [0, 0.05) is 18.5 Å². The first-order chi connectivity index (χ1) is 10.2. The van der Waals surface area contributed by atoms with Gasteiger partial charge in [-0.1, -0.05) is 6.07 Å². The first kappa shape index (κ1) is 13.8. The summed E-state index contributed by atoms with van der Waals surface area (Å²) in [6.07, 6.45) is 2.27. The van der Waals surface area contributed by atoms with Crippen LogP contribution < -0.4 is 10.6 Å². The Kier molecular flexibility index (Phi) is 3.73. The fraction of sp³-hybridized carbons (Fsp3) is 0.375. The molecular weight excluding hydrogens is 267 g/mol. The molecule has 1 fully saturated rings. The molecule has 0 spiro atoms. The highest BCUT2D eigenvalue weighted by atomic mass is 19.1. The van der Waals surface area contributed by atoms with Gasteiger partial charge in [0.1, 0.15) is 23.3 Å². The molecule has 0 radical (unpaired) electrons. The summed E-state index contributed by atoms with van der Waals surface area (Å²) >= 11 is 0. The van der Waals surface area contributed by atoms with Crippen molar-refractivity contribution in [2.75, 3.05) is 17.2 Å². The maximum atomic E-state index is 13.9. The number of aryl methyl sites for hydroxylation is 1. The summed E-state index contributed by atoms with van der Waals surface area (Å²) in [6.45, 7) is 4.68. The summed E-state index contributed by atoms with van der Waals surface area (Å²) in [4.78, 5) is 9.01. The van der Waals surface area contributed by atoms with Crippen LogP contribution in [0.25, 0.3) is 0 Å². The Morgan fingerprint density at radius 2 is 1.95 bits per heavy atom. The van der Waals surface area contributed by atoms with Gasteiger partial charge >= 0.3 is 0 Å². The molecule has 1 aliphatic carbocycles. The lowest BCUT2D eigenvalue weighted by atomic mass is 10.2. The SMILES string of the molecule is CCNc1cc(Nc2ccc(C)cc2F)nc(C2CC2)n1. The van der Waals surface area contributed by atoms with E-state index in [4.69, 9.17) is 0 Å². The zero-order valence-corrected chi connectivity index (χ0v) is 12.3. The van der Waals surface area contributed by atoms with Gasteiger partial charge in [0.05, 0.1) is 5.69 Å². The molecule has 1 aromatic heterocycles. The molecule has 5 heteroatoms. The van der Waals surface area contributed by atoms with Crippen LogP contribution in [-0.4, -0.2) is 16.5 Å². The number of rotatable bonds is 5. The van der Waals surface area contributed by atoms with Gasteiger partial charge in [-0.05, 0) is 44.4 Å². The Hall–Kier alpha value is -2.17. The minimum absolute atomic E-state index is 0.272. The molecule has 1 aromatic carbocycles. The Labute approximate surface area is 123 Å². The molecule has 2 aromatic rings. The van der Waals surface area contributed by atoms with Crippen LogP contribution in [0.4, 0.5) is 21.7 Å². The van der Waals surface area contributed by atoms with E-state index in [-0.39, 0.29) is 5.82 Å². The predicted octanol–water partition coefficient (Wildman–Crippen LogP) is 3.98. The lowest BCUT2D eigenvalue weighted by Crippen LogP contribution is -2.06. The number of halogens is 1. The number of anilines is 3. The number of nitrogens with zero attached hydrogens (tertiary/aromatic N) is 2. The molecular formula is C16H19FN4. The van der Waals surface area contributed by atoms with Crippen molar-refractivity contribution < 1.29 is 4.39 Å². The summed E-state index contributed by atoms with van der Waals surface area (Å²) in [5, 5.41) is 6.25. The van der Waals surface area contributed by atoms with Gasteiger partial charge < -0.3 is 10.6 Å². The third kappa shape index (κ3) is 3.29. The zero-order chi connectivity index (χ0) is 14.8. The lowest BCUT2D eigenvalue weighted by Gasteiger charge is -2.11. The second kappa shape index (κ2) is 5.68. The smallest absolute Gasteiger partial charge is 0.146 e. The largest absolute Gasteiger partial charge is 0.370 e. The summed E-state index contributed by atoms with van der Waals surface area (Å²) in [5.41, 5.74) is 1.33. The van der Waals surface area contributed by atoms with Crippen molar-refractivity contribution >= 4 is 17.3 Å². The van der Waals surface area contributed by atoms with E-state index in [1.807, 2.05) is 26.0 Å². The topological polar surface area (TPSA) is 49.8 Å². The van der Waals surface area contributed by atoms with E-state index in [2.05, 4.69) is 20.6 Å². The summed E-state index contributed by atoms with van der Waals surface area (Å²) in [5.74, 6) is 2.43. The molecule has 0 saturated heterocycles. The average Bonchev–Trinajstić information content (AvgIpc) is 3.27. The quantitative estimate of drug-likeness (QED) is 0.873. The number of nitrogens with one attached hydrogen (secondary N) is 2.